The van der Waals surface area contributed by atoms with Crippen molar-refractivity contribution < 1.29 is 0 Å². The molecule has 0 fully saturated rings. The van der Waals surface area contributed by atoms with Gasteiger partial charge in [-0.15, -0.1) is 6.58 Å². The number of rotatable bonds is 4. The highest BCUT2D eigenvalue weighted by Gasteiger charge is 2.08. The maximum Gasteiger partial charge on any atom is 0.0126 e. The average Bonchev–Trinajstić information content (AvgIpc) is 1.63. The maximum absolute atomic E-state index is 5.63. The second kappa shape index (κ2) is 3.67. The number of hydrogen-bond donors (Lipinski definition) is 1. The van der Waals surface area contributed by atoms with Gasteiger partial charge < -0.3 is 5.73 Å². The minimum atomic E-state index is -0.247. The topological polar surface area (TPSA) is 26.0 Å². The van der Waals surface area contributed by atoms with Gasteiger partial charge in [0.05, 0.1) is 0 Å². The van der Waals surface area contributed by atoms with Crippen LogP contribution in [-0.4, -0.2) is 5.54 Å². The van der Waals surface area contributed by atoms with Crippen LogP contribution in [0.15, 0.2) is 12.7 Å². The minimum Gasteiger partial charge on any atom is -0.325 e. The lowest BCUT2D eigenvalue weighted by Gasteiger charge is -2.16. The molecular formula is C8H16N. The van der Waals surface area contributed by atoms with Gasteiger partial charge in [-0.25, -0.2) is 0 Å². The molecule has 0 heterocycles. The standard InChI is InChI=1S/C8H16N/c1-4-5-6-7-8(2,3)9/h4H,1-2,5-7,9H2,3H3/t8-/m0/s1. The van der Waals surface area contributed by atoms with Crippen molar-refractivity contribution >= 4 is 0 Å². The van der Waals surface area contributed by atoms with Crippen LogP contribution in [0.4, 0.5) is 0 Å². The second-order valence-corrected chi connectivity index (χ2v) is 2.83. The Hall–Kier alpha value is -0.300. The van der Waals surface area contributed by atoms with Crippen molar-refractivity contribution in [1.82, 2.24) is 0 Å². The van der Waals surface area contributed by atoms with Crippen LogP contribution in [0.1, 0.15) is 26.2 Å². The second-order valence-electron chi connectivity index (χ2n) is 2.83. The van der Waals surface area contributed by atoms with Gasteiger partial charge in [-0.1, -0.05) is 6.08 Å². The molecule has 1 nitrogen and oxygen atoms in total. The normalized spacial score (nSPS) is 11.4. The summed E-state index contributed by atoms with van der Waals surface area (Å²) in [6.07, 6.45) is 5.02. The first-order valence-electron chi connectivity index (χ1n) is 3.31. The van der Waals surface area contributed by atoms with Gasteiger partial charge >= 0.3 is 0 Å². The summed E-state index contributed by atoms with van der Waals surface area (Å²) in [6.45, 7) is 9.35. The van der Waals surface area contributed by atoms with Gasteiger partial charge in [0, 0.05) is 5.54 Å². The first kappa shape index (κ1) is 8.70. The van der Waals surface area contributed by atoms with Gasteiger partial charge in [-0.05, 0) is 33.1 Å². The highest BCUT2D eigenvalue weighted by atomic mass is 14.7. The SMILES string of the molecule is [CH2][C@@](C)(N)CCCC=C. The van der Waals surface area contributed by atoms with E-state index in [0.29, 0.717) is 0 Å². The largest absolute Gasteiger partial charge is 0.325 e. The van der Waals surface area contributed by atoms with Crippen molar-refractivity contribution in [1.29, 1.82) is 0 Å². The minimum absolute atomic E-state index is 0.247. The lowest BCUT2D eigenvalue weighted by atomic mass is 9.99. The van der Waals surface area contributed by atoms with E-state index in [0.717, 1.165) is 19.3 Å². The number of hydrogen-bond acceptors (Lipinski definition) is 1. The van der Waals surface area contributed by atoms with Crippen molar-refractivity contribution in [2.45, 2.75) is 31.7 Å². The van der Waals surface area contributed by atoms with E-state index in [9.17, 15) is 0 Å². The lowest BCUT2D eigenvalue weighted by molar-refractivity contribution is 0.510. The Morgan fingerprint density at radius 2 is 2.22 bits per heavy atom. The van der Waals surface area contributed by atoms with E-state index >= 15 is 0 Å². The summed E-state index contributed by atoms with van der Waals surface area (Å²) in [5, 5.41) is 0. The molecule has 0 spiro atoms. The van der Waals surface area contributed by atoms with E-state index in [1.165, 1.54) is 0 Å². The molecule has 0 aromatic heterocycles. The van der Waals surface area contributed by atoms with E-state index in [1.807, 2.05) is 13.0 Å². The fourth-order valence-electron chi connectivity index (χ4n) is 0.650. The average molecular weight is 126 g/mol. The molecule has 0 aliphatic rings. The Morgan fingerprint density at radius 3 is 2.56 bits per heavy atom. The fraction of sp³-hybridized carbons (Fsp3) is 0.625. The number of nitrogens with two attached hydrogens (primary N) is 1. The van der Waals surface area contributed by atoms with Crippen LogP contribution in [0.25, 0.3) is 0 Å². The molecule has 0 rings (SSSR count). The van der Waals surface area contributed by atoms with Crippen LogP contribution in [0.2, 0.25) is 0 Å². The van der Waals surface area contributed by atoms with Crippen molar-refractivity contribution in [2.75, 3.05) is 0 Å². The third-order valence-electron chi connectivity index (χ3n) is 1.16. The fourth-order valence-corrected chi connectivity index (χ4v) is 0.650. The Bertz CT molecular complexity index is 79.1. The summed E-state index contributed by atoms with van der Waals surface area (Å²) in [4.78, 5) is 0. The Morgan fingerprint density at radius 1 is 1.67 bits per heavy atom. The third kappa shape index (κ3) is 7.70. The van der Waals surface area contributed by atoms with Gasteiger partial charge in [0.1, 0.15) is 0 Å². The van der Waals surface area contributed by atoms with E-state index in [2.05, 4.69) is 13.5 Å². The highest BCUT2D eigenvalue weighted by Crippen LogP contribution is 2.08. The van der Waals surface area contributed by atoms with Gasteiger partial charge in [-0.3, -0.25) is 0 Å². The molecule has 0 unspecified atom stereocenters. The molecule has 53 valence electrons. The summed E-state index contributed by atoms with van der Waals surface area (Å²) in [6, 6.07) is 0. The Kier molecular flexibility index (Phi) is 3.55. The van der Waals surface area contributed by atoms with E-state index in [4.69, 9.17) is 5.73 Å². The molecular weight excluding hydrogens is 110 g/mol. The quantitative estimate of drug-likeness (QED) is 0.452. The maximum atomic E-state index is 5.63. The Balaban J connectivity index is 3.17. The molecule has 0 aromatic rings. The summed E-state index contributed by atoms with van der Waals surface area (Å²) in [5.41, 5.74) is 5.38. The molecule has 1 atom stereocenters. The molecule has 0 bridgehead atoms. The van der Waals surface area contributed by atoms with Crippen LogP contribution in [0, 0.1) is 6.92 Å². The van der Waals surface area contributed by atoms with E-state index in [1.54, 1.807) is 0 Å². The molecule has 0 saturated carbocycles. The predicted octanol–water partition coefficient (Wildman–Crippen LogP) is 1.89. The molecule has 0 aliphatic heterocycles. The molecule has 2 N–H and O–H groups in total. The summed E-state index contributed by atoms with van der Waals surface area (Å²) >= 11 is 0. The van der Waals surface area contributed by atoms with E-state index < -0.39 is 0 Å². The molecule has 0 saturated heterocycles. The van der Waals surface area contributed by atoms with Crippen molar-refractivity contribution in [2.24, 2.45) is 5.73 Å². The smallest absolute Gasteiger partial charge is 0.0126 e. The zero-order valence-electron chi connectivity index (χ0n) is 6.19. The zero-order valence-corrected chi connectivity index (χ0v) is 6.19. The van der Waals surface area contributed by atoms with Crippen LogP contribution >= 0.6 is 0 Å². The highest BCUT2D eigenvalue weighted by molar-refractivity contribution is 4.81. The van der Waals surface area contributed by atoms with Gasteiger partial charge in [0.2, 0.25) is 0 Å². The zero-order chi connectivity index (χ0) is 7.33. The molecule has 0 aromatic carbocycles. The van der Waals surface area contributed by atoms with Crippen LogP contribution in [0.5, 0.6) is 0 Å². The Labute approximate surface area is 57.9 Å². The molecule has 0 amide bonds. The summed E-state index contributed by atoms with van der Waals surface area (Å²) in [7, 11) is 0. The van der Waals surface area contributed by atoms with Crippen LogP contribution < -0.4 is 5.73 Å². The predicted molar refractivity (Wildman–Crippen MR) is 42.0 cm³/mol. The van der Waals surface area contributed by atoms with Gasteiger partial charge in [0.25, 0.3) is 0 Å². The number of allylic oxidation sites excluding steroid dienone is 1. The van der Waals surface area contributed by atoms with E-state index in [-0.39, 0.29) is 5.54 Å². The van der Waals surface area contributed by atoms with Crippen LogP contribution in [0.3, 0.4) is 0 Å². The van der Waals surface area contributed by atoms with Crippen molar-refractivity contribution in [3.63, 3.8) is 0 Å². The summed E-state index contributed by atoms with van der Waals surface area (Å²) in [5.74, 6) is 0. The van der Waals surface area contributed by atoms with Gasteiger partial charge in [0.15, 0.2) is 0 Å². The molecule has 1 heteroatoms. The van der Waals surface area contributed by atoms with Gasteiger partial charge in [-0.2, -0.15) is 0 Å². The number of unbranched alkanes of at least 4 members (excludes halogenated alkanes) is 1. The van der Waals surface area contributed by atoms with Crippen LogP contribution in [-0.2, 0) is 0 Å². The molecule has 1 radical (unpaired) electrons. The van der Waals surface area contributed by atoms with Crippen molar-refractivity contribution in [3.05, 3.63) is 19.6 Å². The molecule has 0 aliphatic carbocycles. The summed E-state index contributed by atoms with van der Waals surface area (Å²) < 4.78 is 0. The monoisotopic (exact) mass is 126 g/mol. The van der Waals surface area contributed by atoms with Crippen molar-refractivity contribution in [3.8, 4) is 0 Å². The first-order valence-corrected chi connectivity index (χ1v) is 3.31. The lowest BCUT2D eigenvalue weighted by Crippen LogP contribution is -2.31. The third-order valence-corrected chi connectivity index (χ3v) is 1.16. The first-order chi connectivity index (χ1) is 4.06. The molecule has 9 heavy (non-hydrogen) atoms.